The Morgan fingerprint density at radius 2 is 1.88 bits per heavy atom. The van der Waals surface area contributed by atoms with Crippen LogP contribution in [0, 0.1) is 0 Å². The molecule has 0 bridgehead atoms. The van der Waals surface area contributed by atoms with E-state index < -0.39 is 0 Å². The van der Waals surface area contributed by atoms with Crippen LogP contribution in [-0.4, -0.2) is 53.0 Å². The third-order valence-electron chi connectivity index (χ3n) is 4.06. The molecule has 0 aromatic carbocycles. The van der Waals surface area contributed by atoms with E-state index in [2.05, 4.69) is 41.4 Å². The quantitative estimate of drug-likeness (QED) is 0.720. The van der Waals surface area contributed by atoms with E-state index in [1.165, 1.54) is 0 Å². The van der Waals surface area contributed by atoms with Gasteiger partial charge in [0.1, 0.15) is 17.0 Å². The molecule has 7 nitrogen and oxygen atoms in total. The van der Waals surface area contributed by atoms with Crippen LogP contribution in [-0.2, 0) is 0 Å². The molecule has 0 radical (unpaired) electrons. The molecule has 3 aromatic rings. The molecule has 0 amide bonds. The summed E-state index contributed by atoms with van der Waals surface area (Å²) < 4.78 is 5.34. The van der Waals surface area contributed by atoms with Gasteiger partial charge in [-0.1, -0.05) is 0 Å². The van der Waals surface area contributed by atoms with Crippen LogP contribution in [0.4, 0.5) is 11.6 Å². The first-order valence-corrected chi connectivity index (χ1v) is 8.88. The molecule has 0 atom stereocenters. The Labute approximate surface area is 143 Å². The summed E-state index contributed by atoms with van der Waals surface area (Å²) in [6.07, 6.45) is 1.65. The molecule has 0 spiro atoms. The van der Waals surface area contributed by atoms with Crippen molar-refractivity contribution in [3.63, 3.8) is 0 Å². The summed E-state index contributed by atoms with van der Waals surface area (Å²) in [7, 11) is 0. The van der Waals surface area contributed by atoms with Crippen molar-refractivity contribution >= 4 is 33.2 Å². The van der Waals surface area contributed by atoms with Gasteiger partial charge in [0.15, 0.2) is 5.82 Å². The predicted octanol–water partition coefficient (Wildman–Crippen LogP) is 2.21. The lowest BCUT2D eigenvalue weighted by atomic mass is 10.2. The van der Waals surface area contributed by atoms with Gasteiger partial charge in [0, 0.05) is 32.2 Å². The fraction of sp³-hybridized carbons (Fsp3) is 0.375. The first-order valence-electron chi connectivity index (χ1n) is 8.00. The van der Waals surface area contributed by atoms with E-state index in [4.69, 9.17) is 4.74 Å². The number of aromatic nitrogens is 4. The van der Waals surface area contributed by atoms with E-state index in [1.54, 1.807) is 17.7 Å². The maximum absolute atomic E-state index is 5.34. The Morgan fingerprint density at radius 3 is 2.62 bits per heavy atom. The van der Waals surface area contributed by atoms with Crippen LogP contribution in [0.1, 0.15) is 6.92 Å². The van der Waals surface area contributed by atoms with Crippen molar-refractivity contribution in [1.82, 2.24) is 20.2 Å². The summed E-state index contributed by atoms with van der Waals surface area (Å²) in [5.41, 5.74) is 0. The molecular weight excluding hydrogens is 324 g/mol. The molecule has 0 saturated carbocycles. The number of ether oxygens (including phenoxy) is 1. The number of fused-ring (bicyclic) bond motifs is 1. The number of anilines is 2. The Morgan fingerprint density at radius 1 is 1.04 bits per heavy atom. The van der Waals surface area contributed by atoms with Gasteiger partial charge in [-0.25, -0.2) is 9.97 Å². The largest absolute Gasteiger partial charge is 0.477 e. The lowest BCUT2D eigenvalue weighted by Gasteiger charge is -2.35. The fourth-order valence-electron chi connectivity index (χ4n) is 2.88. The molecule has 0 N–H and O–H groups in total. The Bertz CT molecular complexity index is 813. The summed E-state index contributed by atoms with van der Waals surface area (Å²) in [5, 5.41) is 11.6. The molecular formula is C16H18N6OS. The number of hydrogen-bond donors (Lipinski definition) is 0. The van der Waals surface area contributed by atoms with E-state index in [1.807, 2.05) is 19.1 Å². The average Bonchev–Trinajstić information content (AvgIpc) is 3.12. The van der Waals surface area contributed by atoms with Gasteiger partial charge in [-0.2, -0.15) is 0 Å². The zero-order valence-corrected chi connectivity index (χ0v) is 14.2. The van der Waals surface area contributed by atoms with Crippen LogP contribution in [0.25, 0.3) is 10.2 Å². The van der Waals surface area contributed by atoms with Gasteiger partial charge in [0.25, 0.3) is 0 Å². The number of thiophene rings is 1. The first-order chi connectivity index (χ1) is 11.8. The zero-order valence-electron chi connectivity index (χ0n) is 13.4. The number of piperazine rings is 1. The molecule has 4 rings (SSSR count). The van der Waals surface area contributed by atoms with Gasteiger partial charge in [-0.3, -0.25) is 0 Å². The van der Waals surface area contributed by atoms with Gasteiger partial charge < -0.3 is 14.5 Å². The van der Waals surface area contributed by atoms with Crippen molar-refractivity contribution in [2.24, 2.45) is 0 Å². The first kappa shape index (κ1) is 15.1. The predicted molar refractivity (Wildman–Crippen MR) is 95.0 cm³/mol. The van der Waals surface area contributed by atoms with Crippen molar-refractivity contribution in [3.8, 4) is 5.88 Å². The second kappa shape index (κ2) is 6.56. The van der Waals surface area contributed by atoms with E-state index in [9.17, 15) is 0 Å². The SMILES string of the molecule is CCOc1ccc(N2CCN(c3ncnc4sccc34)CC2)nn1. The second-order valence-corrected chi connectivity index (χ2v) is 6.37. The fourth-order valence-corrected chi connectivity index (χ4v) is 3.61. The highest BCUT2D eigenvalue weighted by molar-refractivity contribution is 7.16. The summed E-state index contributed by atoms with van der Waals surface area (Å²) >= 11 is 1.65. The van der Waals surface area contributed by atoms with Gasteiger partial charge in [-0.05, 0) is 24.4 Å². The molecule has 1 saturated heterocycles. The molecule has 3 aromatic heterocycles. The highest BCUT2D eigenvalue weighted by Crippen LogP contribution is 2.27. The van der Waals surface area contributed by atoms with Gasteiger partial charge in [0.05, 0.1) is 12.0 Å². The maximum Gasteiger partial charge on any atom is 0.233 e. The van der Waals surface area contributed by atoms with Crippen LogP contribution in [0.15, 0.2) is 29.9 Å². The Balaban J connectivity index is 1.46. The van der Waals surface area contributed by atoms with E-state index in [0.717, 1.165) is 48.0 Å². The topological polar surface area (TPSA) is 67.3 Å². The van der Waals surface area contributed by atoms with Crippen LogP contribution in [0.2, 0.25) is 0 Å². The number of rotatable bonds is 4. The average molecular weight is 342 g/mol. The number of hydrogen-bond acceptors (Lipinski definition) is 8. The third kappa shape index (κ3) is 2.84. The van der Waals surface area contributed by atoms with E-state index >= 15 is 0 Å². The van der Waals surface area contributed by atoms with Crippen molar-refractivity contribution < 1.29 is 4.74 Å². The maximum atomic E-state index is 5.34. The normalized spacial score (nSPS) is 15.0. The Hall–Kier alpha value is -2.48. The highest BCUT2D eigenvalue weighted by atomic mass is 32.1. The molecule has 1 aliphatic heterocycles. The molecule has 0 unspecified atom stereocenters. The van der Waals surface area contributed by atoms with Gasteiger partial charge >= 0.3 is 0 Å². The Kier molecular flexibility index (Phi) is 4.12. The van der Waals surface area contributed by atoms with Crippen LogP contribution in [0.3, 0.4) is 0 Å². The second-order valence-electron chi connectivity index (χ2n) is 5.47. The minimum Gasteiger partial charge on any atom is -0.477 e. The van der Waals surface area contributed by atoms with Crippen molar-refractivity contribution in [2.75, 3.05) is 42.6 Å². The van der Waals surface area contributed by atoms with Gasteiger partial charge in [-0.15, -0.1) is 21.5 Å². The molecule has 1 aliphatic rings. The summed E-state index contributed by atoms with van der Waals surface area (Å²) in [5.74, 6) is 2.49. The molecule has 4 heterocycles. The molecule has 0 aliphatic carbocycles. The van der Waals surface area contributed by atoms with E-state index in [0.29, 0.717) is 12.5 Å². The monoisotopic (exact) mass is 342 g/mol. The van der Waals surface area contributed by atoms with Crippen LogP contribution >= 0.6 is 11.3 Å². The molecule has 8 heteroatoms. The van der Waals surface area contributed by atoms with Crippen molar-refractivity contribution in [3.05, 3.63) is 29.9 Å². The molecule has 124 valence electrons. The lowest BCUT2D eigenvalue weighted by Crippen LogP contribution is -2.47. The highest BCUT2D eigenvalue weighted by Gasteiger charge is 2.21. The summed E-state index contributed by atoms with van der Waals surface area (Å²) in [6.45, 7) is 6.11. The summed E-state index contributed by atoms with van der Waals surface area (Å²) in [6, 6.07) is 5.94. The van der Waals surface area contributed by atoms with Crippen molar-refractivity contribution in [2.45, 2.75) is 6.92 Å². The number of nitrogens with zero attached hydrogens (tertiary/aromatic N) is 6. The smallest absolute Gasteiger partial charge is 0.233 e. The minimum absolute atomic E-state index is 0.570. The standard InChI is InChI=1S/C16H18N6OS/c1-2-23-14-4-3-13(19-20-14)21-6-8-22(9-7-21)15-12-5-10-24-16(12)18-11-17-15/h3-5,10-11H,2,6-9H2,1H3. The van der Waals surface area contributed by atoms with Crippen molar-refractivity contribution in [1.29, 1.82) is 0 Å². The van der Waals surface area contributed by atoms with Gasteiger partial charge in [0.2, 0.25) is 5.88 Å². The van der Waals surface area contributed by atoms with Crippen LogP contribution in [0.5, 0.6) is 5.88 Å². The van der Waals surface area contributed by atoms with E-state index in [-0.39, 0.29) is 0 Å². The summed E-state index contributed by atoms with van der Waals surface area (Å²) in [4.78, 5) is 14.4. The zero-order chi connectivity index (χ0) is 16.4. The molecule has 1 fully saturated rings. The molecule has 24 heavy (non-hydrogen) atoms. The van der Waals surface area contributed by atoms with Crippen LogP contribution < -0.4 is 14.5 Å². The third-order valence-corrected chi connectivity index (χ3v) is 4.88. The minimum atomic E-state index is 0.570. The lowest BCUT2D eigenvalue weighted by molar-refractivity contribution is 0.322.